The molecule has 12 heteroatoms. The van der Waals surface area contributed by atoms with Crippen molar-refractivity contribution in [3.05, 3.63) is 119 Å². The van der Waals surface area contributed by atoms with E-state index in [2.05, 4.69) is 13.8 Å². The first-order valence-corrected chi connectivity index (χ1v) is 26.0. The number of benzene rings is 4. The Hall–Kier alpha value is -6.56. The van der Waals surface area contributed by atoms with E-state index in [1.54, 1.807) is 97.1 Å². The molecule has 0 aromatic heterocycles. The molecular formula is C59H78N4O8. The summed E-state index contributed by atoms with van der Waals surface area (Å²) in [4.78, 5) is 49.3. The quantitative estimate of drug-likeness (QED) is 0.0180. The number of nitrogen functional groups attached to an aromatic ring is 4. The monoisotopic (exact) mass is 971 g/mol. The fourth-order valence-corrected chi connectivity index (χ4v) is 9.19. The smallest absolute Gasteiger partial charge is 0.331 e. The minimum absolute atomic E-state index is 0.00904. The zero-order chi connectivity index (χ0) is 50.8. The molecule has 0 aliphatic heterocycles. The van der Waals surface area contributed by atoms with Crippen molar-refractivity contribution in [3.8, 4) is 11.5 Å². The highest BCUT2D eigenvalue weighted by molar-refractivity contribution is 5.88. The van der Waals surface area contributed by atoms with Gasteiger partial charge in [0.05, 0.1) is 11.8 Å². The summed E-state index contributed by atoms with van der Waals surface area (Å²) in [5, 5.41) is 0. The topological polar surface area (TPSA) is 209 Å². The first kappa shape index (κ1) is 55.4. The van der Waals surface area contributed by atoms with Crippen LogP contribution in [-0.2, 0) is 41.9 Å². The lowest BCUT2D eigenvalue weighted by atomic mass is 9.80. The van der Waals surface area contributed by atoms with Crippen molar-refractivity contribution in [2.24, 2.45) is 23.7 Å². The lowest BCUT2D eigenvalue weighted by Gasteiger charge is -2.27. The number of carbonyl (C=O) groups is 4. The predicted molar refractivity (Wildman–Crippen MR) is 285 cm³/mol. The number of anilines is 4. The number of hydrogen-bond donors (Lipinski definition) is 4. The number of carbonyl (C=O) groups excluding carboxylic acids is 4. The van der Waals surface area contributed by atoms with Crippen molar-refractivity contribution in [2.45, 2.75) is 149 Å². The van der Waals surface area contributed by atoms with Gasteiger partial charge in [-0.1, -0.05) is 109 Å². The Labute approximate surface area is 421 Å². The normalized spacial score (nSPS) is 17.8. The molecule has 0 bridgehead atoms. The average Bonchev–Trinajstić information content (AvgIpc) is 3.38. The molecule has 0 heterocycles. The molecule has 2 fully saturated rings. The first-order valence-electron chi connectivity index (χ1n) is 26.0. The van der Waals surface area contributed by atoms with Crippen molar-refractivity contribution < 1.29 is 38.1 Å². The van der Waals surface area contributed by atoms with Crippen LogP contribution in [0.4, 0.5) is 22.7 Å². The number of nitrogens with two attached hydrogens (primary N) is 4. The van der Waals surface area contributed by atoms with Gasteiger partial charge in [-0.2, -0.15) is 0 Å². The molecule has 0 spiro atoms. The fraction of sp³-hybridized carbons (Fsp3) is 0.458. The highest BCUT2D eigenvalue weighted by Crippen LogP contribution is 2.35. The van der Waals surface area contributed by atoms with Crippen LogP contribution in [0.15, 0.2) is 97.1 Å². The number of ether oxygens (including phenoxy) is 4. The van der Waals surface area contributed by atoms with Crippen molar-refractivity contribution in [1.82, 2.24) is 0 Å². The maximum absolute atomic E-state index is 12.6. The van der Waals surface area contributed by atoms with E-state index in [0.717, 1.165) is 74.3 Å². The molecule has 4 aromatic carbocycles. The number of esters is 4. The van der Waals surface area contributed by atoms with Gasteiger partial charge in [-0.3, -0.25) is 9.59 Å². The number of rotatable bonds is 23. The molecular weight excluding hydrogens is 893 g/mol. The summed E-state index contributed by atoms with van der Waals surface area (Å²) < 4.78 is 21.7. The standard InChI is InChI=1S/C30H40N2O4.C29H38N2O4/c1-2-3-4-5-6-7-22-8-13-24(14-9-22)30(34)36-27-16-10-23(11-17-27)12-19-29(33)35-21-25-20-26(31)15-18-28(25)32;1-2-3-4-5-6-21-7-12-23(13-8-21)29(33)35-26-15-9-22(10-16-26)11-18-28(32)34-20-24-19-25(30)14-17-27(24)31/h10-12,15-20,22,24H,2-9,13-14,21,31-32H2,1H3;9-11,14-19,21,23H,2-8,12-13,20,30-31H2,1H3/b19-12+;18-11+. The highest BCUT2D eigenvalue weighted by atomic mass is 16.5. The third-order valence-electron chi connectivity index (χ3n) is 13.6. The van der Waals surface area contributed by atoms with Crippen LogP contribution < -0.4 is 32.4 Å². The van der Waals surface area contributed by atoms with Crippen LogP contribution in [0.5, 0.6) is 11.5 Å². The van der Waals surface area contributed by atoms with Crippen LogP contribution >= 0.6 is 0 Å². The number of hydrogen-bond acceptors (Lipinski definition) is 12. The molecule has 71 heavy (non-hydrogen) atoms. The third kappa shape index (κ3) is 20.4. The van der Waals surface area contributed by atoms with E-state index in [4.69, 9.17) is 41.9 Å². The van der Waals surface area contributed by atoms with Gasteiger partial charge in [-0.15, -0.1) is 0 Å². The summed E-state index contributed by atoms with van der Waals surface area (Å²) in [7, 11) is 0. The maximum atomic E-state index is 12.6. The van der Waals surface area contributed by atoms with Gasteiger partial charge in [-0.25, -0.2) is 9.59 Å². The van der Waals surface area contributed by atoms with Crippen LogP contribution in [0.25, 0.3) is 12.2 Å². The molecule has 0 atom stereocenters. The Morgan fingerprint density at radius 1 is 0.479 bits per heavy atom. The molecule has 0 radical (unpaired) electrons. The van der Waals surface area contributed by atoms with Gasteiger partial charge < -0.3 is 41.9 Å². The van der Waals surface area contributed by atoms with Crippen LogP contribution in [-0.4, -0.2) is 23.9 Å². The van der Waals surface area contributed by atoms with E-state index in [-0.39, 0.29) is 37.0 Å². The molecule has 6 rings (SSSR count). The molecule has 2 aliphatic carbocycles. The Balaban J connectivity index is 0.000000264. The largest absolute Gasteiger partial charge is 0.458 e. The highest BCUT2D eigenvalue weighted by Gasteiger charge is 2.29. The molecule has 12 nitrogen and oxygen atoms in total. The molecule has 0 unspecified atom stereocenters. The van der Waals surface area contributed by atoms with Crippen LogP contribution in [0.1, 0.15) is 158 Å². The minimum Gasteiger partial charge on any atom is -0.458 e. The van der Waals surface area contributed by atoms with Crippen LogP contribution in [0.2, 0.25) is 0 Å². The molecule has 8 N–H and O–H groups in total. The van der Waals surface area contributed by atoms with E-state index in [9.17, 15) is 19.2 Å². The Bertz CT molecular complexity index is 2330. The summed E-state index contributed by atoms with van der Waals surface area (Å²) in [6, 6.07) is 24.3. The van der Waals surface area contributed by atoms with Crippen molar-refractivity contribution in [2.75, 3.05) is 22.9 Å². The van der Waals surface area contributed by atoms with Crippen molar-refractivity contribution in [1.29, 1.82) is 0 Å². The zero-order valence-electron chi connectivity index (χ0n) is 42.1. The van der Waals surface area contributed by atoms with Gasteiger partial charge in [0.2, 0.25) is 0 Å². The predicted octanol–water partition coefficient (Wildman–Crippen LogP) is 13.0. The molecule has 0 saturated heterocycles. The number of unbranched alkanes of at least 4 members (excludes halogenated alkanes) is 7. The van der Waals surface area contributed by atoms with E-state index >= 15 is 0 Å². The zero-order valence-corrected chi connectivity index (χ0v) is 42.1. The third-order valence-corrected chi connectivity index (χ3v) is 13.6. The van der Waals surface area contributed by atoms with Gasteiger partial charge in [0.15, 0.2) is 0 Å². The molecule has 2 aliphatic rings. The molecule has 382 valence electrons. The second-order valence-electron chi connectivity index (χ2n) is 19.3. The lowest BCUT2D eigenvalue weighted by molar-refractivity contribution is -0.141. The summed E-state index contributed by atoms with van der Waals surface area (Å²) in [5.41, 5.74) is 28.3. The Morgan fingerprint density at radius 2 is 0.845 bits per heavy atom. The molecule has 0 amide bonds. The van der Waals surface area contributed by atoms with Crippen LogP contribution in [0, 0.1) is 23.7 Å². The second kappa shape index (κ2) is 30.2. The average molecular weight is 971 g/mol. The van der Waals surface area contributed by atoms with Crippen LogP contribution in [0.3, 0.4) is 0 Å². The SMILES string of the molecule is CCCCCCC1CCC(C(=O)Oc2ccc(/C=C/C(=O)OCc3cc(N)ccc3N)cc2)CC1.CCCCCCCC1CCC(C(=O)Oc2ccc(/C=C/C(=O)OCc3cc(N)ccc3N)cc2)CC1. The lowest BCUT2D eigenvalue weighted by Crippen LogP contribution is -2.25. The van der Waals surface area contributed by atoms with Gasteiger partial charge in [0.1, 0.15) is 24.7 Å². The Morgan fingerprint density at radius 3 is 1.23 bits per heavy atom. The Kier molecular flexibility index (Phi) is 23.6. The summed E-state index contributed by atoms with van der Waals surface area (Å²) in [5.74, 6) is 1.31. The molecule has 4 aromatic rings. The molecule has 2 saturated carbocycles. The second-order valence-corrected chi connectivity index (χ2v) is 19.3. The van der Waals surface area contributed by atoms with E-state index < -0.39 is 11.9 Å². The summed E-state index contributed by atoms with van der Waals surface area (Å²) in [6.45, 7) is 4.58. The fourth-order valence-electron chi connectivity index (χ4n) is 9.19. The van der Waals surface area contributed by atoms with E-state index in [0.29, 0.717) is 45.4 Å². The summed E-state index contributed by atoms with van der Waals surface area (Å²) in [6.07, 6.45) is 28.6. The van der Waals surface area contributed by atoms with Crippen molar-refractivity contribution in [3.63, 3.8) is 0 Å². The van der Waals surface area contributed by atoms with Gasteiger partial charge in [0.25, 0.3) is 0 Å². The maximum Gasteiger partial charge on any atom is 0.331 e. The van der Waals surface area contributed by atoms with E-state index in [1.807, 2.05) is 0 Å². The van der Waals surface area contributed by atoms with Gasteiger partial charge in [0, 0.05) is 46.0 Å². The van der Waals surface area contributed by atoms with Gasteiger partial charge in [-0.05, 0) is 147 Å². The minimum atomic E-state index is -0.483. The first-order chi connectivity index (χ1) is 34.4. The van der Waals surface area contributed by atoms with E-state index in [1.165, 1.54) is 82.8 Å². The summed E-state index contributed by atoms with van der Waals surface area (Å²) >= 11 is 0. The van der Waals surface area contributed by atoms with Gasteiger partial charge >= 0.3 is 23.9 Å². The van der Waals surface area contributed by atoms with Crippen molar-refractivity contribution >= 4 is 58.8 Å².